The van der Waals surface area contributed by atoms with Crippen LogP contribution in [0.1, 0.15) is 5.69 Å². The van der Waals surface area contributed by atoms with Crippen LogP contribution in [0.25, 0.3) is 10.9 Å². The molecular formula is C11H10N2O. The summed E-state index contributed by atoms with van der Waals surface area (Å²) in [6.07, 6.45) is 0.865. The zero-order valence-electron chi connectivity index (χ0n) is 7.66. The number of hydrogen-bond donors (Lipinski definition) is 1. The Morgan fingerprint density at radius 2 is 2.14 bits per heavy atom. The van der Waals surface area contributed by atoms with E-state index in [9.17, 15) is 0 Å². The fraction of sp³-hybridized carbons (Fsp3) is 0.182. The summed E-state index contributed by atoms with van der Waals surface area (Å²) in [7, 11) is 0. The number of ether oxygens (including phenoxy) is 1. The topological polar surface area (TPSA) is 48.1 Å². The van der Waals surface area contributed by atoms with Crippen molar-refractivity contribution in [1.29, 1.82) is 0 Å². The quantitative estimate of drug-likeness (QED) is 0.681. The molecular weight excluding hydrogens is 176 g/mol. The number of para-hydroxylation sites is 1. The number of pyridine rings is 1. The lowest BCUT2D eigenvalue weighted by Crippen LogP contribution is -1.94. The van der Waals surface area contributed by atoms with Gasteiger partial charge in [-0.3, -0.25) is 0 Å². The van der Waals surface area contributed by atoms with Gasteiger partial charge in [0, 0.05) is 11.8 Å². The minimum atomic E-state index is 0.697. The van der Waals surface area contributed by atoms with E-state index in [1.54, 1.807) is 0 Å². The number of rotatable bonds is 0. The lowest BCUT2D eigenvalue weighted by molar-refractivity contribution is 0.358. The van der Waals surface area contributed by atoms with Gasteiger partial charge >= 0.3 is 0 Å². The Hall–Kier alpha value is -1.77. The molecule has 0 bridgehead atoms. The van der Waals surface area contributed by atoms with Crippen LogP contribution in [0.5, 0.6) is 5.75 Å². The number of fused-ring (bicyclic) bond motifs is 2. The fourth-order valence-electron chi connectivity index (χ4n) is 1.85. The standard InChI is InChI=1S/C11H10N2O/c12-10-7-3-1-2-4-8(7)13-9-5-6-14-11(9)10/h1-4H,5-6H2,(H2,12,13). The maximum Gasteiger partial charge on any atom is 0.164 e. The molecule has 1 aliphatic rings. The largest absolute Gasteiger partial charge is 0.489 e. The van der Waals surface area contributed by atoms with E-state index in [2.05, 4.69) is 4.98 Å². The average molecular weight is 186 g/mol. The van der Waals surface area contributed by atoms with Crippen LogP contribution in [-0.4, -0.2) is 11.6 Å². The Morgan fingerprint density at radius 3 is 3.07 bits per heavy atom. The molecule has 2 heterocycles. The number of anilines is 1. The Kier molecular flexibility index (Phi) is 1.42. The third kappa shape index (κ3) is 0.894. The van der Waals surface area contributed by atoms with E-state index >= 15 is 0 Å². The van der Waals surface area contributed by atoms with Crippen molar-refractivity contribution in [3.05, 3.63) is 30.0 Å². The second-order valence-corrected chi connectivity index (χ2v) is 3.42. The second-order valence-electron chi connectivity index (χ2n) is 3.42. The van der Waals surface area contributed by atoms with Crippen molar-refractivity contribution in [3.8, 4) is 5.75 Å². The molecule has 0 radical (unpaired) electrons. The Bertz CT molecular complexity index is 508. The Morgan fingerprint density at radius 1 is 1.29 bits per heavy atom. The molecule has 0 atom stereocenters. The van der Waals surface area contributed by atoms with E-state index in [1.165, 1.54) is 0 Å². The summed E-state index contributed by atoms with van der Waals surface area (Å²) in [5, 5.41) is 0.980. The van der Waals surface area contributed by atoms with Crippen molar-refractivity contribution in [1.82, 2.24) is 4.98 Å². The first-order chi connectivity index (χ1) is 6.86. The van der Waals surface area contributed by atoms with Crippen LogP contribution < -0.4 is 10.5 Å². The zero-order valence-corrected chi connectivity index (χ0v) is 7.66. The van der Waals surface area contributed by atoms with E-state index in [0.717, 1.165) is 34.5 Å². The third-order valence-electron chi connectivity index (χ3n) is 2.54. The van der Waals surface area contributed by atoms with Crippen LogP contribution in [0, 0.1) is 0 Å². The van der Waals surface area contributed by atoms with Gasteiger partial charge in [-0.2, -0.15) is 0 Å². The number of benzene rings is 1. The highest BCUT2D eigenvalue weighted by Crippen LogP contribution is 2.35. The molecule has 0 aliphatic carbocycles. The molecule has 0 unspecified atom stereocenters. The molecule has 1 aliphatic heterocycles. The van der Waals surface area contributed by atoms with Crippen LogP contribution in [0.15, 0.2) is 24.3 Å². The van der Waals surface area contributed by atoms with Crippen LogP contribution in [0.4, 0.5) is 5.69 Å². The summed E-state index contributed by atoms with van der Waals surface area (Å²) in [6, 6.07) is 7.88. The molecule has 70 valence electrons. The number of hydrogen-bond acceptors (Lipinski definition) is 3. The smallest absolute Gasteiger partial charge is 0.164 e. The SMILES string of the molecule is Nc1c2c(nc3ccccc13)CCO2. The van der Waals surface area contributed by atoms with Gasteiger partial charge in [0.2, 0.25) is 0 Å². The van der Waals surface area contributed by atoms with Crippen molar-refractivity contribution in [3.63, 3.8) is 0 Å². The van der Waals surface area contributed by atoms with Crippen molar-refractivity contribution in [2.75, 3.05) is 12.3 Å². The first-order valence-corrected chi connectivity index (χ1v) is 4.66. The summed E-state index contributed by atoms with van der Waals surface area (Å²) < 4.78 is 5.45. The zero-order chi connectivity index (χ0) is 9.54. The predicted molar refractivity (Wildman–Crippen MR) is 55.4 cm³/mol. The minimum absolute atomic E-state index is 0.697. The molecule has 0 fully saturated rings. The molecule has 0 spiro atoms. The molecule has 1 aromatic heterocycles. The molecule has 3 heteroatoms. The van der Waals surface area contributed by atoms with Gasteiger partial charge in [-0.25, -0.2) is 4.98 Å². The molecule has 2 aromatic rings. The summed E-state index contributed by atoms with van der Waals surface area (Å²) >= 11 is 0. The first-order valence-electron chi connectivity index (χ1n) is 4.66. The number of nitrogens with two attached hydrogens (primary N) is 1. The highest BCUT2D eigenvalue weighted by Gasteiger charge is 2.18. The third-order valence-corrected chi connectivity index (χ3v) is 2.54. The lowest BCUT2D eigenvalue weighted by Gasteiger charge is -2.06. The van der Waals surface area contributed by atoms with Crippen molar-refractivity contribution in [2.45, 2.75) is 6.42 Å². The molecule has 3 nitrogen and oxygen atoms in total. The molecule has 0 saturated heterocycles. The van der Waals surface area contributed by atoms with E-state index in [1.807, 2.05) is 24.3 Å². The monoisotopic (exact) mass is 186 g/mol. The van der Waals surface area contributed by atoms with E-state index in [0.29, 0.717) is 6.61 Å². The molecule has 1 aromatic carbocycles. The van der Waals surface area contributed by atoms with Gasteiger partial charge in [0.1, 0.15) is 0 Å². The van der Waals surface area contributed by atoms with Crippen LogP contribution in [-0.2, 0) is 6.42 Å². The number of nitrogens with zero attached hydrogens (tertiary/aromatic N) is 1. The van der Waals surface area contributed by atoms with Crippen molar-refractivity contribution < 1.29 is 4.74 Å². The summed E-state index contributed by atoms with van der Waals surface area (Å²) in [4.78, 5) is 4.51. The summed E-state index contributed by atoms with van der Waals surface area (Å²) in [6.45, 7) is 0.697. The van der Waals surface area contributed by atoms with Gasteiger partial charge < -0.3 is 10.5 Å². The second kappa shape index (κ2) is 2.61. The van der Waals surface area contributed by atoms with Crippen LogP contribution >= 0.6 is 0 Å². The summed E-state index contributed by atoms with van der Waals surface area (Å²) in [5.74, 6) is 0.781. The van der Waals surface area contributed by atoms with E-state index < -0.39 is 0 Å². The normalized spacial score (nSPS) is 14.0. The highest BCUT2D eigenvalue weighted by atomic mass is 16.5. The number of nitrogen functional groups attached to an aromatic ring is 1. The predicted octanol–water partition coefficient (Wildman–Crippen LogP) is 1.75. The molecule has 0 saturated carbocycles. The van der Waals surface area contributed by atoms with Crippen molar-refractivity contribution in [2.24, 2.45) is 0 Å². The van der Waals surface area contributed by atoms with Gasteiger partial charge in [0.15, 0.2) is 5.75 Å². The maximum atomic E-state index is 6.01. The number of aromatic nitrogens is 1. The lowest BCUT2D eigenvalue weighted by atomic mass is 10.1. The average Bonchev–Trinajstić information content (AvgIpc) is 2.66. The first kappa shape index (κ1) is 7.62. The minimum Gasteiger partial charge on any atom is -0.489 e. The Labute approximate surface area is 81.5 Å². The fourth-order valence-corrected chi connectivity index (χ4v) is 1.85. The van der Waals surface area contributed by atoms with Crippen LogP contribution in [0.3, 0.4) is 0 Å². The van der Waals surface area contributed by atoms with E-state index in [4.69, 9.17) is 10.5 Å². The summed E-state index contributed by atoms with van der Waals surface area (Å²) in [5.41, 5.74) is 8.67. The maximum absolute atomic E-state index is 6.01. The van der Waals surface area contributed by atoms with Gasteiger partial charge in [-0.1, -0.05) is 18.2 Å². The van der Waals surface area contributed by atoms with Gasteiger partial charge in [-0.05, 0) is 6.07 Å². The highest BCUT2D eigenvalue weighted by molar-refractivity contribution is 5.93. The van der Waals surface area contributed by atoms with Crippen LogP contribution in [0.2, 0.25) is 0 Å². The van der Waals surface area contributed by atoms with Gasteiger partial charge in [0.25, 0.3) is 0 Å². The Balaban J connectivity index is 2.44. The molecule has 0 amide bonds. The molecule has 14 heavy (non-hydrogen) atoms. The van der Waals surface area contributed by atoms with Gasteiger partial charge in [-0.15, -0.1) is 0 Å². The molecule has 3 rings (SSSR count). The molecule has 2 N–H and O–H groups in total. The van der Waals surface area contributed by atoms with Gasteiger partial charge in [0.05, 0.1) is 23.5 Å². The van der Waals surface area contributed by atoms with E-state index in [-0.39, 0.29) is 0 Å². The van der Waals surface area contributed by atoms with Crippen molar-refractivity contribution >= 4 is 16.6 Å².